The van der Waals surface area contributed by atoms with Gasteiger partial charge in [-0.05, 0) is 49.7 Å². The molecule has 104 valence electrons. The molecule has 0 amide bonds. The first-order valence-corrected chi connectivity index (χ1v) is 6.51. The number of hydrogen-bond donors (Lipinski definition) is 1. The molecular formula is C16H17NO3. The van der Waals surface area contributed by atoms with Crippen molar-refractivity contribution in [1.29, 1.82) is 0 Å². The van der Waals surface area contributed by atoms with Gasteiger partial charge in [-0.15, -0.1) is 0 Å². The number of hydrogen-bond acceptors (Lipinski definition) is 3. The Balaban J connectivity index is 2.24. The highest BCUT2D eigenvalue weighted by Gasteiger charge is 2.07. The zero-order valence-electron chi connectivity index (χ0n) is 11.6. The zero-order valence-corrected chi connectivity index (χ0v) is 11.6. The molecule has 4 nitrogen and oxygen atoms in total. The Morgan fingerprint density at radius 2 is 1.90 bits per heavy atom. The SMILES string of the molecule is CCOc1ccc(-c2ccc(CC(=O)O)c(C)n2)cc1. The summed E-state index contributed by atoms with van der Waals surface area (Å²) in [5.41, 5.74) is 3.31. The van der Waals surface area contributed by atoms with Gasteiger partial charge in [0, 0.05) is 11.3 Å². The maximum absolute atomic E-state index is 10.7. The van der Waals surface area contributed by atoms with Crippen molar-refractivity contribution in [2.24, 2.45) is 0 Å². The predicted octanol–water partition coefficient (Wildman–Crippen LogP) is 3.08. The number of rotatable bonds is 5. The highest BCUT2D eigenvalue weighted by Crippen LogP contribution is 2.22. The van der Waals surface area contributed by atoms with Crippen LogP contribution in [0.2, 0.25) is 0 Å². The number of nitrogens with zero attached hydrogens (tertiary/aromatic N) is 1. The first-order valence-electron chi connectivity index (χ1n) is 6.51. The number of pyridine rings is 1. The van der Waals surface area contributed by atoms with Crippen molar-refractivity contribution in [2.45, 2.75) is 20.3 Å². The van der Waals surface area contributed by atoms with E-state index in [0.29, 0.717) is 6.61 Å². The van der Waals surface area contributed by atoms with Crippen molar-refractivity contribution in [2.75, 3.05) is 6.61 Å². The van der Waals surface area contributed by atoms with Gasteiger partial charge in [-0.2, -0.15) is 0 Å². The third-order valence-electron chi connectivity index (χ3n) is 3.00. The molecule has 0 saturated carbocycles. The Morgan fingerprint density at radius 1 is 1.20 bits per heavy atom. The number of ether oxygens (including phenoxy) is 1. The topological polar surface area (TPSA) is 59.4 Å². The molecule has 0 unspecified atom stereocenters. The zero-order chi connectivity index (χ0) is 14.5. The fraction of sp³-hybridized carbons (Fsp3) is 0.250. The Kier molecular flexibility index (Phi) is 4.35. The molecule has 2 rings (SSSR count). The molecule has 0 atom stereocenters. The van der Waals surface area contributed by atoms with Crippen LogP contribution in [0.1, 0.15) is 18.2 Å². The normalized spacial score (nSPS) is 10.3. The third kappa shape index (κ3) is 3.35. The number of carboxylic acids is 1. The fourth-order valence-electron chi connectivity index (χ4n) is 1.99. The second kappa shape index (κ2) is 6.19. The summed E-state index contributed by atoms with van der Waals surface area (Å²) < 4.78 is 5.40. The molecule has 4 heteroatoms. The summed E-state index contributed by atoms with van der Waals surface area (Å²) >= 11 is 0. The van der Waals surface area contributed by atoms with E-state index in [1.807, 2.05) is 50.2 Å². The molecule has 0 bridgehead atoms. The molecule has 0 fully saturated rings. The minimum Gasteiger partial charge on any atom is -0.494 e. The molecule has 0 saturated heterocycles. The molecule has 0 aliphatic carbocycles. The van der Waals surface area contributed by atoms with Gasteiger partial charge in [0.25, 0.3) is 0 Å². The highest BCUT2D eigenvalue weighted by molar-refractivity contribution is 5.71. The first kappa shape index (κ1) is 14.1. The average molecular weight is 271 g/mol. The van der Waals surface area contributed by atoms with Crippen LogP contribution in [0.3, 0.4) is 0 Å². The van der Waals surface area contributed by atoms with Crippen molar-refractivity contribution >= 4 is 5.97 Å². The maximum Gasteiger partial charge on any atom is 0.307 e. The van der Waals surface area contributed by atoms with Crippen LogP contribution in [0.25, 0.3) is 11.3 Å². The molecule has 1 aromatic heterocycles. The van der Waals surface area contributed by atoms with Crippen LogP contribution in [0.15, 0.2) is 36.4 Å². The third-order valence-corrected chi connectivity index (χ3v) is 3.00. The largest absolute Gasteiger partial charge is 0.494 e. The summed E-state index contributed by atoms with van der Waals surface area (Å²) in [6, 6.07) is 11.4. The van der Waals surface area contributed by atoms with E-state index in [1.54, 1.807) is 0 Å². The minimum atomic E-state index is -0.844. The van der Waals surface area contributed by atoms with E-state index in [9.17, 15) is 4.79 Å². The molecule has 0 radical (unpaired) electrons. The summed E-state index contributed by atoms with van der Waals surface area (Å²) in [5, 5.41) is 8.82. The van der Waals surface area contributed by atoms with Gasteiger partial charge in [0.15, 0.2) is 0 Å². The second-order valence-corrected chi connectivity index (χ2v) is 4.47. The van der Waals surface area contributed by atoms with Crippen LogP contribution in [-0.2, 0) is 11.2 Å². The number of aryl methyl sites for hydroxylation is 1. The van der Waals surface area contributed by atoms with Gasteiger partial charge < -0.3 is 9.84 Å². The van der Waals surface area contributed by atoms with E-state index in [1.165, 1.54) is 0 Å². The number of carboxylic acid groups (broad SMARTS) is 1. The van der Waals surface area contributed by atoms with E-state index < -0.39 is 5.97 Å². The number of carbonyl (C=O) groups is 1. The Labute approximate surface area is 118 Å². The molecule has 1 aromatic carbocycles. The fourth-order valence-corrected chi connectivity index (χ4v) is 1.99. The summed E-state index contributed by atoms with van der Waals surface area (Å²) in [6.07, 6.45) is 0.00237. The lowest BCUT2D eigenvalue weighted by Crippen LogP contribution is -2.03. The molecule has 0 spiro atoms. The lowest BCUT2D eigenvalue weighted by Gasteiger charge is -2.07. The van der Waals surface area contributed by atoms with Crippen LogP contribution >= 0.6 is 0 Å². The van der Waals surface area contributed by atoms with Gasteiger partial charge in [0.05, 0.1) is 18.7 Å². The van der Waals surface area contributed by atoms with E-state index in [0.717, 1.165) is 28.3 Å². The monoisotopic (exact) mass is 271 g/mol. The smallest absolute Gasteiger partial charge is 0.307 e. The van der Waals surface area contributed by atoms with Crippen molar-refractivity contribution in [3.8, 4) is 17.0 Å². The van der Waals surface area contributed by atoms with Crippen molar-refractivity contribution in [3.63, 3.8) is 0 Å². The molecule has 0 aliphatic heterocycles. The Morgan fingerprint density at radius 3 is 2.45 bits per heavy atom. The standard InChI is InChI=1S/C16H17NO3/c1-3-20-14-7-4-12(5-8-14)15-9-6-13(10-16(18)19)11(2)17-15/h4-9H,3,10H2,1-2H3,(H,18,19). The van der Waals surface area contributed by atoms with Crippen LogP contribution in [0, 0.1) is 6.92 Å². The van der Waals surface area contributed by atoms with Gasteiger partial charge in [-0.3, -0.25) is 9.78 Å². The lowest BCUT2D eigenvalue weighted by atomic mass is 10.1. The van der Waals surface area contributed by atoms with Crippen LogP contribution in [-0.4, -0.2) is 22.7 Å². The van der Waals surface area contributed by atoms with E-state index in [-0.39, 0.29) is 6.42 Å². The second-order valence-electron chi connectivity index (χ2n) is 4.47. The van der Waals surface area contributed by atoms with E-state index >= 15 is 0 Å². The van der Waals surface area contributed by atoms with Gasteiger partial charge in [0.2, 0.25) is 0 Å². The van der Waals surface area contributed by atoms with Gasteiger partial charge in [-0.25, -0.2) is 0 Å². The number of benzene rings is 1. The van der Waals surface area contributed by atoms with Gasteiger partial charge in [0.1, 0.15) is 5.75 Å². The summed E-state index contributed by atoms with van der Waals surface area (Å²) in [7, 11) is 0. The number of aromatic nitrogens is 1. The van der Waals surface area contributed by atoms with Crippen molar-refractivity contribution in [1.82, 2.24) is 4.98 Å². The van der Waals surface area contributed by atoms with E-state index in [4.69, 9.17) is 9.84 Å². The molecule has 0 aliphatic rings. The molecular weight excluding hydrogens is 254 g/mol. The predicted molar refractivity (Wildman–Crippen MR) is 76.9 cm³/mol. The molecule has 20 heavy (non-hydrogen) atoms. The summed E-state index contributed by atoms with van der Waals surface area (Å²) in [6.45, 7) is 4.41. The van der Waals surface area contributed by atoms with E-state index in [2.05, 4.69) is 4.98 Å². The lowest BCUT2D eigenvalue weighted by molar-refractivity contribution is -0.136. The average Bonchev–Trinajstić information content (AvgIpc) is 2.42. The van der Waals surface area contributed by atoms with Crippen LogP contribution in [0.4, 0.5) is 0 Å². The minimum absolute atomic E-state index is 0.00237. The Hall–Kier alpha value is -2.36. The van der Waals surface area contributed by atoms with Gasteiger partial charge in [-0.1, -0.05) is 6.07 Å². The van der Waals surface area contributed by atoms with Crippen molar-refractivity contribution in [3.05, 3.63) is 47.7 Å². The van der Waals surface area contributed by atoms with Crippen molar-refractivity contribution < 1.29 is 14.6 Å². The first-order chi connectivity index (χ1) is 9.60. The maximum atomic E-state index is 10.7. The molecule has 2 aromatic rings. The number of aliphatic carboxylic acids is 1. The molecule has 1 N–H and O–H groups in total. The highest BCUT2D eigenvalue weighted by atomic mass is 16.5. The summed E-state index contributed by atoms with van der Waals surface area (Å²) in [5.74, 6) is -0.0146. The molecule has 1 heterocycles. The summed E-state index contributed by atoms with van der Waals surface area (Å²) in [4.78, 5) is 15.2. The van der Waals surface area contributed by atoms with Crippen LogP contribution < -0.4 is 4.74 Å². The van der Waals surface area contributed by atoms with Crippen LogP contribution in [0.5, 0.6) is 5.75 Å². The van der Waals surface area contributed by atoms with Gasteiger partial charge >= 0.3 is 5.97 Å². The quantitative estimate of drug-likeness (QED) is 0.907. The Bertz CT molecular complexity index is 606.